The van der Waals surface area contributed by atoms with E-state index in [2.05, 4.69) is 12.2 Å². The van der Waals surface area contributed by atoms with Gasteiger partial charge >= 0.3 is 0 Å². The van der Waals surface area contributed by atoms with E-state index >= 15 is 0 Å². The van der Waals surface area contributed by atoms with Gasteiger partial charge in [0.2, 0.25) is 0 Å². The molecule has 0 fully saturated rings. The molecule has 0 amide bonds. The second-order valence-electron chi connectivity index (χ2n) is 3.50. The maximum absolute atomic E-state index is 6.09. The van der Waals surface area contributed by atoms with Crippen LogP contribution in [0, 0.1) is 0 Å². The highest BCUT2D eigenvalue weighted by Gasteiger charge is 2.08. The van der Waals surface area contributed by atoms with Gasteiger partial charge < -0.3 is 22.5 Å². The van der Waals surface area contributed by atoms with Crippen LogP contribution in [0.2, 0.25) is 10.0 Å². The smallest absolute Gasteiger partial charge is 0.156 e. The Kier molecular flexibility index (Phi) is 8.79. The molecular formula is C12H17Cl3NO-. The Labute approximate surface area is 119 Å². The second-order valence-corrected chi connectivity index (χ2v) is 4.31. The molecule has 0 aliphatic carbocycles. The van der Waals surface area contributed by atoms with Crippen LogP contribution < -0.4 is 22.5 Å². The van der Waals surface area contributed by atoms with E-state index in [0.717, 1.165) is 25.1 Å². The highest BCUT2D eigenvalue weighted by Crippen LogP contribution is 2.34. The van der Waals surface area contributed by atoms with Crippen molar-refractivity contribution in [3.63, 3.8) is 0 Å². The van der Waals surface area contributed by atoms with Crippen molar-refractivity contribution < 1.29 is 17.1 Å². The number of rotatable bonds is 6. The van der Waals surface area contributed by atoms with Crippen molar-refractivity contribution >= 4 is 23.2 Å². The van der Waals surface area contributed by atoms with Gasteiger partial charge in [-0.25, -0.2) is 0 Å². The molecule has 0 radical (unpaired) electrons. The third kappa shape index (κ3) is 5.35. The zero-order chi connectivity index (χ0) is 12.0. The zero-order valence-corrected chi connectivity index (χ0v) is 12.3. The second kappa shape index (κ2) is 8.87. The molecule has 0 aliphatic heterocycles. The summed E-state index contributed by atoms with van der Waals surface area (Å²) in [6.45, 7) is 6.36. The highest BCUT2D eigenvalue weighted by molar-refractivity contribution is 6.37. The lowest BCUT2D eigenvalue weighted by molar-refractivity contribution is -0.00000375. The van der Waals surface area contributed by atoms with E-state index in [4.69, 9.17) is 27.9 Å². The molecule has 0 atom stereocenters. The molecule has 0 heterocycles. The van der Waals surface area contributed by atoms with Crippen LogP contribution in [-0.4, -0.2) is 13.2 Å². The maximum Gasteiger partial charge on any atom is 0.156 e. The van der Waals surface area contributed by atoms with E-state index in [-0.39, 0.29) is 12.4 Å². The largest absolute Gasteiger partial charge is 1.00 e. The fourth-order valence-electron chi connectivity index (χ4n) is 1.41. The Bertz CT molecular complexity index is 322. The number of hydrogen-bond acceptors (Lipinski definition) is 2. The van der Waals surface area contributed by atoms with Gasteiger partial charge in [-0.2, -0.15) is 0 Å². The Morgan fingerprint density at radius 1 is 1.18 bits per heavy atom. The average Bonchev–Trinajstić information content (AvgIpc) is 2.24. The Morgan fingerprint density at radius 3 is 2.24 bits per heavy atom. The lowest BCUT2D eigenvalue weighted by Crippen LogP contribution is -3.00. The number of nitrogens with one attached hydrogen (secondary N) is 1. The third-order valence-electron chi connectivity index (χ3n) is 2.10. The lowest BCUT2D eigenvalue weighted by atomic mass is 10.2. The molecule has 0 bridgehead atoms. The SMILES string of the molecule is CCCNCc1cc(Cl)c(OCC)c(Cl)c1.[Cl-]. The normalized spacial score (nSPS) is 9.88. The van der Waals surface area contributed by atoms with Crippen LogP contribution in [0.5, 0.6) is 5.75 Å². The van der Waals surface area contributed by atoms with Crippen molar-refractivity contribution in [3.05, 3.63) is 27.7 Å². The zero-order valence-electron chi connectivity index (χ0n) is 10.0. The summed E-state index contributed by atoms with van der Waals surface area (Å²) in [5.41, 5.74) is 1.08. The first kappa shape index (κ1) is 16.9. The Balaban J connectivity index is 0.00000256. The van der Waals surface area contributed by atoms with Crippen molar-refractivity contribution in [1.82, 2.24) is 5.32 Å². The van der Waals surface area contributed by atoms with Gasteiger partial charge in [0.15, 0.2) is 5.75 Å². The van der Waals surface area contributed by atoms with Gasteiger partial charge in [0, 0.05) is 6.54 Å². The van der Waals surface area contributed by atoms with Crippen LogP contribution in [0.3, 0.4) is 0 Å². The van der Waals surface area contributed by atoms with Crippen molar-refractivity contribution in [2.24, 2.45) is 0 Å². The summed E-state index contributed by atoms with van der Waals surface area (Å²) in [7, 11) is 0. The first-order chi connectivity index (χ1) is 7.69. The van der Waals surface area contributed by atoms with Crippen molar-refractivity contribution in [2.45, 2.75) is 26.8 Å². The Morgan fingerprint density at radius 2 is 1.76 bits per heavy atom. The van der Waals surface area contributed by atoms with Gasteiger partial charge in [-0.15, -0.1) is 0 Å². The van der Waals surface area contributed by atoms with E-state index in [1.54, 1.807) is 0 Å². The van der Waals surface area contributed by atoms with Crippen LogP contribution in [0.25, 0.3) is 0 Å². The van der Waals surface area contributed by atoms with Crippen LogP contribution >= 0.6 is 23.2 Å². The molecule has 0 saturated carbocycles. The van der Waals surface area contributed by atoms with Gasteiger partial charge in [-0.1, -0.05) is 30.1 Å². The summed E-state index contributed by atoms with van der Waals surface area (Å²) >= 11 is 12.2. The number of hydrogen-bond donors (Lipinski definition) is 1. The van der Waals surface area contributed by atoms with E-state index in [0.29, 0.717) is 22.4 Å². The molecular weight excluding hydrogens is 280 g/mol. The molecule has 0 aliphatic rings. The molecule has 1 rings (SSSR count). The minimum atomic E-state index is 0. The van der Waals surface area contributed by atoms with Crippen molar-refractivity contribution in [1.29, 1.82) is 0 Å². The van der Waals surface area contributed by atoms with Crippen LogP contribution in [0.15, 0.2) is 12.1 Å². The quantitative estimate of drug-likeness (QED) is 0.788. The van der Waals surface area contributed by atoms with Gasteiger partial charge in [0.25, 0.3) is 0 Å². The van der Waals surface area contributed by atoms with E-state index in [9.17, 15) is 0 Å². The number of benzene rings is 1. The highest BCUT2D eigenvalue weighted by atomic mass is 35.5. The topological polar surface area (TPSA) is 21.3 Å². The number of ether oxygens (including phenoxy) is 1. The molecule has 2 nitrogen and oxygen atoms in total. The van der Waals surface area contributed by atoms with E-state index < -0.39 is 0 Å². The monoisotopic (exact) mass is 296 g/mol. The first-order valence-electron chi connectivity index (χ1n) is 5.50. The predicted octanol–water partition coefficient (Wildman–Crippen LogP) is 0.896. The standard InChI is InChI=1S/C12H17Cl2NO.ClH/c1-3-5-15-8-9-6-10(13)12(16-4-2)11(14)7-9;/h6-7,15H,3-5,8H2,1-2H3;1H/p-1. The van der Waals surface area contributed by atoms with Crippen LogP contribution in [-0.2, 0) is 6.54 Å². The molecule has 0 aromatic heterocycles. The molecule has 98 valence electrons. The van der Waals surface area contributed by atoms with Gasteiger partial charge in [0.1, 0.15) is 0 Å². The summed E-state index contributed by atoms with van der Waals surface area (Å²) in [5, 5.41) is 4.44. The Hall–Kier alpha value is -0.150. The van der Waals surface area contributed by atoms with Crippen LogP contribution in [0.4, 0.5) is 0 Å². The fraction of sp³-hybridized carbons (Fsp3) is 0.500. The van der Waals surface area contributed by atoms with Crippen molar-refractivity contribution in [3.8, 4) is 5.75 Å². The summed E-state index contributed by atoms with van der Waals surface area (Å²) < 4.78 is 5.36. The lowest BCUT2D eigenvalue weighted by Gasteiger charge is -2.10. The fourth-order valence-corrected chi connectivity index (χ4v) is 2.05. The van der Waals surface area contributed by atoms with Gasteiger partial charge in [-0.3, -0.25) is 0 Å². The minimum absolute atomic E-state index is 0. The van der Waals surface area contributed by atoms with Gasteiger partial charge in [-0.05, 0) is 37.6 Å². The molecule has 1 aromatic rings. The average molecular weight is 298 g/mol. The molecule has 1 N–H and O–H groups in total. The third-order valence-corrected chi connectivity index (χ3v) is 2.66. The molecule has 17 heavy (non-hydrogen) atoms. The minimum Gasteiger partial charge on any atom is -1.00 e. The van der Waals surface area contributed by atoms with Gasteiger partial charge in [0.05, 0.1) is 16.7 Å². The summed E-state index contributed by atoms with van der Waals surface area (Å²) in [4.78, 5) is 0. The number of halogens is 3. The van der Waals surface area contributed by atoms with Crippen molar-refractivity contribution in [2.75, 3.05) is 13.2 Å². The maximum atomic E-state index is 6.09. The van der Waals surface area contributed by atoms with E-state index in [1.165, 1.54) is 0 Å². The van der Waals surface area contributed by atoms with E-state index in [1.807, 2.05) is 19.1 Å². The van der Waals surface area contributed by atoms with Crippen LogP contribution in [0.1, 0.15) is 25.8 Å². The molecule has 1 aromatic carbocycles. The predicted molar refractivity (Wildman–Crippen MR) is 69.6 cm³/mol. The first-order valence-corrected chi connectivity index (χ1v) is 6.26. The molecule has 5 heteroatoms. The molecule has 0 saturated heterocycles. The molecule has 0 spiro atoms. The molecule has 0 unspecified atom stereocenters. The summed E-state index contributed by atoms with van der Waals surface area (Å²) in [5.74, 6) is 0.574. The summed E-state index contributed by atoms with van der Waals surface area (Å²) in [6, 6.07) is 3.78. The summed E-state index contributed by atoms with van der Waals surface area (Å²) in [6.07, 6.45) is 1.11.